The van der Waals surface area contributed by atoms with Crippen LogP contribution in [0, 0.1) is 27.7 Å². The summed E-state index contributed by atoms with van der Waals surface area (Å²) in [5.74, 6) is -1.63. The first-order chi connectivity index (χ1) is 11.2. The Morgan fingerprint density at radius 2 is 1.29 bits per heavy atom. The molecule has 0 aliphatic heterocycles. The highest BCUT2D eigenvalue weighted by molar-refractivity contribution is 6.47. The molecule has 0 radical (unpaired) electrons. The Kier molecular flexibility index (Phi) is 5.74. The van der Waals surface area contributed by atoms with Crippen molar-refractivity contribution in [3.8, 4) is 0 Å². The van der Waals surface area contributed by atoms with E-state index in [-0.39, 0.29) is 10.1 Å². The van der Waals surface area contributed by atoms with Gasteiger partial charge in [-0.2, -0.15) is 0 Å². The summed E-state index contributed by atoms with van der Waals surface area (Å²) < 4.78 is 0. The van der Waals surface area contributed by atoms with E-state index < -0.39 is 11.9 Å². The molecule has 24 heavy (non-hydrogen) atoms. The van der Waals surface area contributed by atoms with Crippen molar-refractivity contribution in [2.45, 2.75) is 33.6 Å². The number of halogens is 2. The number of carboxylic acids is 1. The van der Waals surface area contributed by atoms with E-state index in [1.165, 1.54) is 0 Å². The van der Waals surface area contributed by atoms with Gasteiger partial charge in [-0.3, -0.25) is 0 Å². The van der Waals surface area contributed by atoms with E-state index in [0.717, 1.165) is 33.4 Å². The Morgan fingerprint density at radius 1 is 0.875 bits per heavy atom. The zero-order valence-corrected chi connectivity index (χ0v) is 15.7. The van der Waals surface area contributed by atoms with Crippen molar-refractivity contribution in [3.63, 3.8) is 0 Å². The molecule has 0 aliphatic rings. The molecule has 0 aromatic heterocycles. The first kappa shape index (κ1) is 18.6. The van der Waals surface area contributed by atoms with Gasteiger partial charge in [0.2, 0.25) is 0 Å². The molecule has 2 aromatic rings. The Labute approximate surface area is 152 Å². The lowest BCUT2D eigenvalue weighted by molar-refractivity contribution is -0.131. The standard InChI is InChI=1S/C20H20Cl2O2/c1-11-5-7-15(13(3)9-11)17(18(21)19(22)20(23)24)16-8-6-12(2)10-14(16)4/h5-10,17H,1-4H3,(H,23,24)/b19-18-. The molecule has 1 N–H and O–H groups in total. The number of allylic oxidation sites excluding steroid dienone is 1. The Hall–Kier alpha value is -1.77. The monoisotopic (exact) mass is 362 g/mol. The molecule has 0 atom stereocenters. The highest BCUT2D eigenvalue weighted by atomic mass is 35.5. The van der Waals surface area contributed by atoms with E-state index in [0.29, 0.717) is 0 Å². The van der Waals surface area contributed by atoms with Crippen molar-refractivity contribution in [1.82, 2.24) is 0 Å². The van der Waals surface area contributed by atoms with Gasteiger partial charge in [0.15, 0.2) is 0 Å². The number of hydrogen-bond donors (Lipinski definition) is 1. The largest absolute Gasteiger partial charge is 0.477 e. The molecular weight excluding hydrogens is 343 g/mol. The van der Waals surface area contributed by atoms with Crippen LogP contribution < -0.4 is 0 Å². The van der Waals surface area contributed by atoms with Gasteiger partial charge in [0.1, 0.15) is 5.03 Å². The molecular formula is C20H20Cl2O2. The van der Waals surface area contributed by atoms with E-state index in [1.54, 1.807) is 0 Å². The fraction of sp³-hybridized carbons (Fsp3) is 0.250. The molecule has 0 fully saturated rings. The number of aliphatic carboxylic acids is 1. The lowest BCUT2D eigenvalue weighted by atomic mass is 9.84. The summed E-state index contributed by atoms with van der Waals surface area (Å²) >= 11 is 12.4. The minimum atomic E-state index is -1.22. The van der Waals surface area contributed by atoms with Crippen molar-refractivity contribution >= 4 is 29.2 Å². The number of carboxylic acid groups (broad SMARTS) is 1. The Morgan fingerprint density at radius 3 is 1.62 bits per heavy atom. The molecule has 0 spiro atoms. The zero-order valence-electron chi connectivity index (χ0n) is 14.2. The fourth-order valence-corrected chi connectivity index (χ4v) is 3.39. The van der Waals surface area contributed by atoms with E-state index in [4.69, 9.17) is 23.2 Å². The van der Waals surface area contributed by atoms with Crippen molar-refractivity contribution in [3.05, 3.63) is 79.8 Å². The summed E-state index contributed by atoms with van der Waals surface area (Å²) in [6.45, 7) is 8.03. The molecule has 2 nitrogen and oxygen atoms in total. The van der Waals surface area contributed by atoms with E-state index >= 15 is 0 Å². The first-order valence-electron chi connectivity index (χ1n) is 7.65. The topological polar surface area (TPSA) is 37.3 Å². The van der Waals surface area contributed by atoms with E-state index in [1.807, 2.05) is 52.0 Å². The second-order valence-corrected chi connectivity index (χ2v) is 6.91. The molecule has 2 rings (SSSR count). The van der Waals surface area contributed by atoms with Gasteiger partial charge in [0, 0.05) is 5.92 Å². The van der Waals surface area contributed by atoms with Gasteiger partial charge in [0.25, 0.3) is 0 Å². The summed E-state index contributed by atoms with van der Waals surface area (Å²) in [5.41, 5.74) is 6.29. The second kappa shape index (κ2) is 7.42. The van der Waals surface area contributed by atoms with Crippen LogP contribution in [0.4, 0.5) is 0 Å². The number of carbonyl (C=O) groups is 1. The van der Waals surface area contributed by atoms with Crippen LogP contribution in [0.1, 0.15) is 39.3 Å². The maximum Gasteiger partial charge on any atom is 0.348 e. The van der Waals surface area contributed by atoms with Gasteiger partial charge >= 0.3 is 5.97 Å². The zero-order chi connectivity index (χ0) is 18.0. The van der Waals surface area contributed by atoms with Crippen LogP contribution in [-0.2, 0) is 4.79 Å². The second-order valence-electron chi connectivity index (χ2n) is 6.12. The van der Waals surface area contributed by atoms with Crippen molar-refractivity contribution < 1.29 is 9.90 Å². The molecule has 0 unspecified atom stereocenters. The third-order valence-corrected chi connectivity index (χ3v) is 4.99. The van der Waals surface area contributed by atoms with Crippen molar-refractivity contribution in [2.24, 2.45) is 0 Å². The molecule has 0 saturated heterocycles. The molecule has 0 heterocycles. The Bertz CT molecular complexity index is 771. The molecule has 0 amide bonds. The highest BCUT2D eigenvalue weighted by Gasteiger charge is 2.26. The SMILES string of the molecule is Cc1ccc(C(/C(Cl)=C(/Cl)C(=O)O)c2ccc(C)cc2C)c(C)c1. The summed E-state index contributed by atoms with van der Waals surface area (Å²) in [5, 5.41) is 9.03. The minimum absolute atomic E-state index is 0.128. The summed E-state index contributed by atoms with van der Waals surface area (Å²) in [6.07, 6.45) is 0. The van der Waals surface area contributed by atoms with Crippen LogP contribution in [0.25, 0.3) is 0 Å². The maximum atomic E-state index is 11.3. The summed E-state index contributed by atoms with van der Waals surface area (Å²) in [6, 6.07) is 12.1. The highest BCUT2D eigenvalue weighted by Crippen LogP contribution is 2.40. The molecule has 0 saturated carbocycles. The quantitative estimate of drug-likeness (QED) is 0.695. The van der Waals surface area contributed by atoms with Gasteiger partial charge in [0.05, 0.1) is 5.03 Å². The lowest BCUT2D eigenvalue weighted by Gasteiger charge is -2.23. The molecule has 2 aromatic carbocycles. The van der Waals surface area contributed by atoms with Gasteiger partial charge in [-0.05, 0) is 49.9 Å². The number of aryl methyl sites for hydroxylation is 4. The third kappa shape index (κ3) is 3.82. The van der Waals surface area contributed by atoms with Gasteiger partial charge in [-0.1, -0.05) is 70.7 Å². The Balaban J connectivity index is 2.75. The van der Waals surface area contributed by atoms with Crippen molar-refractivity contribution in [2.75, 3.05) is 0 Å². The summed E-state index contributed by atoms with van der Waals surface area (Å²) in [7, 11) is 0. The van der Waals surface area contributed by atoms with E-state index in [2.05, 4.69) is 12.1 Å². The average molecular weight is 363 g/mol. The van der Waals surface area contributed by atoms with Crippen LogP contribution >= 0.6 is 23.2 Å². The first-order valence-corrected chi connectivity index (χ1v) is 8.40. The molecule has 4 heteroatoms. The lowest BCUT2D eigenvalue weighted by Crippen LogP contribution is -2.09. The van der Waals surface area contributed by atoms with E-state index in [9.17, 15) is 9.90 Å². The van der Waals surface area contributed by atoms with Crippen molar-refractivity contribution in [1.29, 1.82) is 0 Å². The molecule has 126 valence electrons. The van der Waals surface area contributed by atoms with Crippen LogP contribution in [0.3, 0.4) is 0 Å². The van der Waals surface area contributed by atoms with Gasteiger partial charge < -0.3 is 5.11 Å². The number of rotatable bonds is 4. The van der Waals surface area contributed by atoms with Crippen LogP contribution in [0.2, 0.25) is 0 Å². The van der Waals surface area contributed by atoms with Gasteiger partial charge in [-0.25, -0.2) is 4.79 Å². The summed E-state index contributed by atoms with van der Waals surface area (Å²) in [4.78, 5) is 11.3. The van der Waals surface area contributed by atoms with Crippen LogP contribution in [-0.4, -0.2) is 11.1 Å². The van der Waals surface area contributed by atoms with Crippen LogP contribution in [0.5, 0.6) is 0 Å². The minimum Gasteiger partial charge on any atom is -0.477 e. The predicted octanol–water partition coefficient (Wildman–Crippen LogP) is 5.83. The third-order valence-electron chi connectivity index (χ3n) is 4.12. The maximum absolute atomic E-state index is 11.3. The molecule has 0 aliphatic carbocycles. The smallest absolute Gasteiger partial charge is 0.348 e. The normalized spacial score (nSPS) is 12.3. The fourth-order valence-electron chi connectivity index (χ4n) is 2.97. The van der Waals surface area contributed by atoms with Crippen LogP contribution in [0.15, 0.2) is 46.5 Å². The number of benzene rings is 2. The average Bonchev–Trinajstić information content (AvgIpc) is 2.50. The molecule has 0 bridgehead atoms. The number of hydrogen-bond acceptors (Lipinski definition) is 1. The predicted molar refractivity (Wildman–Crippen MR) is 100 cm³/mol. The van der Waals surface area contributed by atoms with Gasteiger partial charge in [-0.15, -0.1) is 0 Å².